The molecule has 3 N–H and O–H groups in total. The fraction of sp³-hybridized carbons (Fsp3) is 0.875. The molecule has 0 bridgehead atoms. The van der Waals surface area contributed by atoms with Gasteiger partial charge >= 0.3 is 5.97 Å². The molecule has 0 aromatic carbocycles. The molecule has 170 valence electrons. The molecule has 3 aliphatic carbocycles. The first-order valence-electron chi connectivity index (χ1n) is 11.9. The lowest BCUT2D eigenvalue weighted by molar-refractivity contribution is -0.164. The lowest BCUT2D eigenvalue weighted by atomic mass is 9.53. The molecule has 3 rings (SSSR count). The number of carbonyl (C=O) groups is 3. The largest absolute Gasteiger partial charge is 0.481 e. The lowest BCUT2D eigenvalue weighted by Gasteiger charge is -2.50. The smallest absolute Gasteiger partial charge is 0.309 e. The Morgan fingerprint density at radius 3 is 1.30 bits per heavy atom. The van der Waals surface area contributed by atoms with Crippen molar-refractivity contribution in [3.05, 3.63) is 0 Å². The van der Waals surface area contributed by atoms with E-state index in [1.165, 1.54) is 12.8 Å². The quantitative estimate of drug-likeness (QED) is 0.622. The third-order valence-corrected chi connectivity index (χ3v) is 7.83. The van der Waals surface area contributed by atoms with Crippen LogP contribution in [-0.4, -0.2) is 35.0 Å². The predicted molar refractivity (Wildman–Crippen MR) is 116 cm³/mol. The number of hydrogen-bond donors (Lipinski definition) is 3. The van der Waals surface area contributed by atoms with Crippen LogP contribution in [0.5, 0.6) is 0 Å². The summed E-state index contributed by atoms with van der Waals surface area (Å²) < 4.78 is 0. The number of nitrogens with one attached hydrogen (secondary N) is 2. The van der Waals surface area contributed by atoms with Crippen LogP contribution in [0, 0.1) is 16.2 Å². The van der Waals surface area contributed by atoms with Gasteiger partial charge in [-0.2, -0.15) is 0 Å². The fourth-order valence-corrected chi connectivity index (χ4v) is 6.46. The molecule has 0 saturated heterocycles. The molecule has 3 saturated carbocycles. The summed E-state index contributed by atoms with van der Waals surface area (Å²) in [6.45, 7) is 5.42. The van der Waals surface area contributed by atoms with Crippen molar-refractivity contribution in [2.45, 2.75) is 116 Å². The monoisotopic (exact) mass is 420 g/mol. The Bertz CT molecular complexity index is 620. The van der Waals surface area contributed by atoms with Gasteiger partial charge in [-0.3, -0.25) is 14.4 Å². The molecule has 0 radical (unpaired) electrons. The number of rotatable bonds is 5. The molecule has 30 heavy (non-hydrogen) atoms. The second kappa shape index (κ2) is 8.88. The van der Waals surface area contributed by atoms with E-state index in [9.17, 15) is 19.5 Å². The molecule has 0 aromatic rings. The summed E-state index contributed by atoms with van der Waals surface area (Å²) in [6.07, 6.45) is 11.8. The second-order valence-corrected chi connectivity index (χ2v) is 11.1. The van der Waals surface area contributed by atoms with Crippen LogP contribution in [0.4, 0.5) is 0 Å². The summed E-state index contributed by atoms with van der Waals surface area (Å²) in [5.41, 5.74) is -2.85. The van der Waals surface area contributed by atoms with Gasteiger partial charge in [-0.1, -0.05) is 52.4 Å². The van der Waals surface area contributed by atoms with E-state index in [0.717, 1.165) is 51.4 Å². The number of carboxylic acids is 1. The number of carbonyl (C=O) groups excluding carboxylic acids is 2. The highest BCUT2D eigenvalue weighted by Gasteiger charge is 2.58. The van der Waals surface area contributed by atoms with Crippen molar-refractivity contribution >= 4 is 17.8 Å². The summed E-state index contributed by atoms with van der Waals surface area (Å²) in [5, 5.41) is 16.4. The first-order valence-corrected chi connectivity index (χ1v) is 11.9. The third kappa shape index (κ3) is 5.00. The molecular formula is C24H40N2O4. The van der Waals surface area contributed by atoms with Crippen LogP contribution in [0.25, 0.3) is 0 Å². The van der Waals surface area contributed by atoms with Crippen LogP contribution in [0.15, 0.2) is 0 Å². The van der Waals surface area contributed by atoms with Gasteiger partial charge in [0, 0.05) is 22.9 Å². The maximum absolute atomic E-state index is 13.4. The Kier molecular flexibility index (Phi) is 6.83. The number of carboxylic acid groups (broad SMARTS) is 1. The zero-order valence-electron chi connectivity index (χ0n) is 19.0. The fourth-order valence-electron chi connectivity index (χ4n) is 6.46. The van der Waals surface area contributed by atoms with Gasteiger partial charge in [0.05, 0.1) is 5.41 Å². The molecule has 2 amide bonds. The minimum absolute atomic E-state index is 0.0849. The molecule has 6 nitrogen and oxygen atoms in total. The van der Waals surface area contributed by atoms with Crippen molar-refractivity contribution in [3.8, 4) is 0 Å². The van der Waals surface area contributed by atoms with E-state index in [1.807, 2.05) is 13.8 Å². The van der Waals surface area contributed by atoms with Crippen LogP contribution in [-0.2, 0) is 14.4 Å². The van der Waals surface area contributed by atoms with Gasteiger partial charge in [-0.15, -0.1) is 0 Å². The minimum Gasteiger partial charge on any atom is -0.481 e. The Morgan fingerprint density at radius 2 is 0.967 bits per heavy atom. The average molecular weight is 421 g/mol. The molecule has 1 unspecified atom stereocenters. The number of aliphatic carboxylic acids is 1. The highest BCUT2D eigenvalue weighted by molar-refractivity contribution is 5.89. The summed E-state index contributed by atoms with van der Waals surface area (Å²) in [5.74, 6) is -1.09. The Balaban J connectivity index is 1.79. The normalized spacial score (nSPS) is 36.1. The van der Waals surface area contributed by atoms with E-state index in [1.54, 1.807) is 6.92 Å². The van der Waals surface area contributed by atoms with Crippen LogP contribution in [0.3, 0.4) is 0 Å². The Morgan fingerprint density at radius 1 is 0.633 bits per heavy atom. The highest BCUT2D eigenvalue weighted by atomic mass is 16.4. The van der Waals surface area contributed by atoms with Gasteiger partial charge in [0.2, 0.25) is 11.8 Å². The van der Waals surface area contributed by atoms with Gasteiger partial charge < -0.3 is 15.7 Å². The molecule has 3 fully saturated rings. The molecule has 0 heterocycles. The molecular weight excluding hydrogens is 380 g/mol. The van der Waals surface area contributed by atoms with E-state index in [2.05, 4.69) is 10.6 Å². The second-order valence-electron chi connectivity index (χ2n) is 11.1. The maximum atomic E-state index is 13.4. The third-order valence-electron chi connectivity index (χ3n) is 7.83. The zero-order valence-corrected chi connectivity index (χ0v) is 19.0. The van der Waals surface area contributed by atoms with Crippen LogP contribution < -0.4 is 10.6 Å². The van der Waals surface area contributed by atoms with Crippen LogP contribution in [0.2, 0.25) is 0 Å². The van der Waals surface area contributed by atoms with Crippen LogP contribution >= 0.6 is 0 Å². The van der Waals surface area contributed by atoms with Crippen molar-refractivity contribution in [1.29, 1.82) is 0 Å². The topological polar surface area (TPSA) is 95.5 Å². The van der Waals surface area contributed by atoms with E-state index in [4.69, 9.17) is 0 Å². The number of amides is 2. The van der Waals surface area contributed by atoms with E-state index in [0.29, 0.717) is 6.42 Å². The minimum atomic E-state index is -1.10. The van der Waals surface area contributed by atoms with Crippen molar-refractivity contribution in [2.75, 3.05) is 0 Å². The summed E-state index contributed by atoms with van der Waals surface area (Å²) in [7, 11) is 0. The first kappa shape index (κ1) is 23.1. The molecule has 3 atom stereocenters. The summed E-state index contributed by atoms with van der Waals surface area (Å²) >= 11 is 0. The van der Waals surface area contributed by atoms with Crippen molar-refractivity contribution < 1.29 is 19.5 Å². The van der Waals surface area contributed by atoms with E-state index >= 15 is 0 Å². The molecule has 6 heteroatoms. The molecule has 0 spiro atoms. The van der Waals surface area contributed by atoms with Crippen molar-refractivity contribution in [3.63, 3.8) is 0 Å². The molecule has 0 aliphatic heterocycles. The molecule has 3 aliphatic rings. The first-order chi connectivity index (χ1) is 14.1. The Hall–Kier alpha value is -1.59. The van der Waals surface area contributed by atoms with Gasteiger partial charge in [-0.05, 0) is 51.9 Å². The summed E-state index contributed by atoms with van der Waals surface area (Å²) in [6, 6.07) is 0.340. The summed E-state index contributed by atoms with van der Waals surface area (Å²) in [4.78, 5) is 38.9. The van der Waals surface area contributed by atoms with Crippen molar-refractivity contribution in [1.82, 2.24) is 10.6 Å². The van der Waals surface area contributed by atoms with Gasteiger partial charge in [0.25, 0.3) is 0 Å². The van der Waals surface area contributed by atoms with Gasteiger partial charge in [0.1, 0.15) is 0 Å². The van der Waals surface area contributed by atoms with E-state index in [-0.39, 0.29) is 36.7 Å². The molecule has 0 aromatic heterocycles. The number of hydrogen-bond acceptors (Lipinski definition) is 3. The predicted octanol–water partition coefficient (Wildman–Crippen LogP) is 4.17. The average Bonchev–Trinajstić information content (AvgIpc) is 2.68. The zero-order chi connectivity index (χ0) is 22.0. The van der Waals surface area contributed by atoms with Gasteiger partial charge in [0.15, 0.2) is 0 Å². The van der Waals surface area contributed by atoms with Gasteiger partial charge in [-0.25, -0.2) is 0 Å². The van der Waals surface area contributed by atoms with Crippen LogP contribution in [0.1, 0.15) is 104 Å². The SMILES string of the molecule is CC1(C(=O)O)C[C@](C)(C(=O)NC2CCCCC2)C[C@](C)(C(=O)NC2CCCCC2)C1. The highest BCUT2D eigenvalue weighted by Crippen LogP contribution is 2.55. The lowest BCUT2D eigenvalue weighted by Crippen LogP contribution is -2.58. The van der Waals surface area contributed by atoms with E-state index < -0.39 is 22.2 Å². The maximum Gasteiger partial charge on any atom is 0.309 e. The standard InChI is InChI=1S/C24H40N2O4/c1-22(19(27)25-17-10-6-4-7-11-17)14-23(2,16-24(3,15-22)21(29)30)20(28)26-18-12-8-5-9-13-18/h17-18H,4-16H2,1-3H3,(H,25,27)(H,26,28)(H,29,30)/t22-,23+,24?. The Labute approximate surface area is 180 Å². The van der Waals surface area contributed by atoms with Crippen molar-refractivity contribution in [2.24, 2.45) is 16.2 Å².